The molecule has 3 rings (SSSR count). The zero-order valence-electron chi connectivity index (χ0n) is 15.0. The summed E-state index contributed by atoms with van der Waals surface area (Å²) in [6.45, 7) is -0.0209. The molecule has 2 heterocycles. The predicted octanol–water partition coefficient (Wildman–Crippen LogP) is 3.43. The van der Waals surface area contributed by atoms with Gasteiger partial charge in [0.1, 0.15) is 17.8 Å². The van der Waals surface area contributed by atoms with Gasteiger partial charge < -0.3 is 9.47 Å². The van der Waals surface area contributed by atoms with Gasteiger partial charge in [-0.15, -0.1) is 0 Å². The summed E-state index contributed by atoms with van der Waals surface area (Å²) in [5, 5.41) is 0.147. The summed E-state index contributed by atoms with van der Waals surface area (Å²) < 4.78 is 40.2. The summed E-state index contributed by atoms with van der Waals surface area (Å²) in [5.74, 6) is 0.381. The van der Waals surface area contributed by atoms with Crippen molar-refractivity contribution in [3.63, 3.8) is 0 Å². The molecule has 152 valence electrons. The molecule has 1 aromatic carbocycles. The van der Waals surface area contributed by atoms with Crippen LogP contribution in [0.15, 0.2) is 48.9 Å². The number of pyridine rings is 1. The number of halogens is 2. The summed E-state index contributed by atoms with van der Waals surface area (Å²) >= 11 is 12.2. The van der Waals surface area contributed by atoms with Crippen LogP contribution in [-0.2, 0) is 16.8 Å². The van der Waals surface area contributed by atoms with Crippen molar-refractivity contribution in [3.8, 4) is 17.2 Å². The number of hydrogen-bond acceptors (Lipinski definition) is 7. The van der Waals surface area contributed by atoms with Crippen LogP contribution >= 0.6 is 23.2 Å². The fraction of sp³-hybridized carbons (Fsp3) is 0.118. The highest BCUT2D eigenvalue weighted by atomic mass is 35.5. The molecule has 0 unspecified atom stereocenters. The lowest BCUT2D eigenvalue weighted by Gasteiger charge is -2.14. The van der Waals surface area contributed by atoms with Crippen LogP contribution in [0.25, 0.3) is 0 Å². The van der Waals surface area contributed by atoms with Gasteiger partial charge in [-0.25, -0.2) is 9.97 Å². The molecular weight excluding hydrogens is 441 g/mol. The number of nitrogens with zero attached hydrogens (tertiary/aromatic N) is 3. The lowest BCUT2D eigenvalue weighted by molar-refractivity contribution is 0.409. The van der Waals surface area contributed by atoms with Gasteiger partial charge in [-0.3, -0.25) is 9.71 Å². The number of nitrogens with one attached hydrogen (secondary N) is 2. The topological polar surface area (TPSA) is 115 Å². The number of rotatable bonds is 8. The maximum atomic E-state index is 12.4. The van der Waals surface area contributed by atoms with E-state index in [9.17, 15) is 8.42 Å². The van der Waals surface area contributed by atoms with Crippen molar-refractivity contribution in [1.29, 1.82) is 0 Å². The van der Waals surface area contributed by atoms with E-state index >= 15 is 0 Å². The van der Waals surface area contributed by atoms with Crippen LogP contribution in [0.3, 0.4) is 0 Å². The number of methoxy groups -OCH3 is 1. The average Bonchev–Trinajstić information content (AvgIpc) is 2.71. The minimum absolute atomic E-state index is 0.0209. The van der Waals surface area contributed by atoms with Crippen LogP contribution < -0.4 is 18.9 Å². The van der Waals surface area contributed by atoms with Crippen molar-refractivity contribution in [2.45, 2.75) is 6.54 Å². The van der Waals surface area contributed by atoms with Crippen molar-refractivity contribution in [2.24, 2.45) is 0 Å². The fourth-order valence-electron chi connectivity index (χ4n) is 2.15. The second kappa shape index (κ2) is 9.23. The Hall–Kier alpha value is -2.66. The van der Waals surface area contributed by atoms with E-state index in [1.54, 1.807) is 36.5 Å². The van der Waals surface area contributed by atoms with E-state index in [1.165, 1.54) is 13.2 Å². The molecule has 0 spiro atoms. The molecule has 0 fully saturated rings. The van der Waals surface area contributed by atoms with Crippen LogP contribution in [0.1, 0.15) is 5.69 Å². The van der Waals surface area contributed by atoms with Gasteiger partial charge in [0.15, 0.2) is 11.0 Å². The first-order chi connectivity index (χ1) is 13.9. The second-order valence-electron chi connectivity index (χ2n) is 5.49. The Kier molecular flexibility index (Phi) is 6.70. The molecule has 9 nitrogen and oxygen atoms in total. The molecule has 0 radical (unpaired) electrons. The molecule has 0 amide bonds. The second-order valence-corrected chi connectivity index (χ2v) is 7.75. The fourth-order valence-corrected chi connectivity index (χ4v) is 3.29. The Labute approximate surface area is 177 Å². The van der Waals surface area contributed by atoms with Crippen LogP contribution in [-0.4, -0.2) is 30.5 Å². The van der Waals surface area contributed by atoms with E-state index in [1.807, 2.05) is 0 Å². The number of hydrogen-bond donors (Lipinski definition) is 2. The molecule has 0 saturated carbocycles. The lowest BCUT2D eigenvalue weighted by atomic mass is 10.3. The Balaban J connectivity index is 1.83. The molecule has 0 aliphatic heterocycles. The third-order valence-electron chi connectivity index (χ3n) is 3.51. The molecule has 0 aliphatic carbocycles. The highest BCUT2D eigenvalue weighted by molar-refractivity contribution is 7.90. The molecule has 0 atom stereocenters. The molecule has 0 saturated heterocycles. The van der Waals surface area contributed by atoms with Crippen LogP contribution in [0, 0.1) is 0 Å². The normalized spacial score (nSPS) is 11.1. The summed E-state index contributed by atoms with van der Waals surface area (Å²) in [7, 11) is -2.53. The van der Waals surface area contributed by atoms with E-state index < -0.39 is 10.2 Å². The number of ether oxygens (including phenoxy) is 2. The minimum atomic E-state index is -4.01. The van der Waals surface area contributed by atoms with Gasteiger partial charge in [-0.1, -0.05) is 29.3 Å². The molecule has 3 aromatic rings. The third kappa shape index (κ3) is 5.67. The Bertz CT molecular complexity index is 1100. The van der Waals surface area contributed by atoms with Gasteiger partial charge in [0.05, 0.1) is 24.4 Å². The lowest BCUT2D eigenvalue weighted by Crippen LogP contribution is -2.30. The number of aromatic nitrogens is 3. The Morgan fingerprint density at radius 2 is 1.93 bits per heavy atom. The Morgan fingerprint density at radius 3 is 2.66 bits per heavy atom. The predicted molar refractivity (Wildman–Crippen MR) is 109 cm³/mol. The smallest absolute Gasteiger partial charge is 0.300 e. The summed E-state index contributed by atoms with van der Waals surface area (Å²) in [5.41, 5.74) is 0.540. The van der Waals surface area contributed by atoms with Crippen molar-refractivity contribution in [2.75, 3.05) is 11.8 Å². The molecule has 0 bridgehead atoms. The number of anilines is 1. The zero-order chi connectivity index (χ0) is 20.9. The quantitative estimate of drug-likeness (QED) is 0.499. The van der Waals surface area contributed by atoms with Gasteiger partial charge in [0.25, 0.3) is 0 Å². The van der Waals surface area contributed by atoms with E-state index in [-0.39, 0.29) is 34.0 Å². The first-order valence-electron chi connectivity index (χ1n) is 8.07. The maximum absolute atomic E-state index is 12.4. The molecule has 12 heteroatoms. The summed E-state index contributed by atoms with van der Waals surface area (Å²) in [4.78, 5) is 11.8. The monoisotopic (exact) mass is 455 g/mol. The van der Waals surface area contributed by atoms with Gasteiger partial charge in [0, 0.05) is 12.3 Å². The standard InChI is InChI=1S/C17H15Cl2N5O4S/c1-27-12-5-6-13(18)14(8-12)28-15-16(19)21-10-22-17(15)24-29(25,26)23-9-11-4-2-3-7-20-11/h2-8,10,23H,9H2,1H3,(H,21,22,24). The highest BCUT2D eigenvalue weighted by Crippen LogP contribution is 2.38. The first kappa shape index (κ1) is 21.1. The van der Waals surface area contributed by atoms with Crippen molar-refractivity contribution < 1.29 is 17.9 Å². The first-order valence-corrected chi connectivity index (χ1v) is 10.3. The van der Waals surface area contributed by atoms with Gasteiger partial charge >= 0.3 is 10.2 Å². The zero-order valence-corrected chi connectivity index (χ0v) is 17.3. The van der Waals surface area contributed by atoms with E-state index in [2.05, 4.69) is 24.4 Å². The van der Waals surface area contributed by atoms with Gasteiger partial charge in [-0.2, -0.15) is 13.1 Å². The summed E-state index contributed by atoms with van der Waals surface area (Å²) in [6.07, 6.45) is 2.66. The van der Waals surface area contributed by atoms with Crippen LogP contribution in [0.5, 0.6) is 17.2 Å². The van der Waals surface area contributed by atoms with Crippen molar-refractivity contribution in [1.82, 2.24) is 19.7 Å². The molecule has 29 heavy (non-hydrogen) atoms. The van der Waals surface area contributed by atoms with Crippen molar-refractivity contribution in [3.05, 3.63) is 64.8 Å². The van der Waals surface area contributed by atoms with Crippen molar-refractivity contribution >= 4 is 39.2 Å². The van der Waals surface area contributed by atoms with E-state index in [0.29, 0.717) is 11.4 Å². The highest BCUT2D eigenvalue weighted by Gasteiger charge is 2.20. The Morgan fingerprint density at radius 1 is 1.10 bits per heavy atom. The SMILES string of the molecule is COc1ccc(Cl)c(Oc2c(Cl)ncnc2NS(=O)(=O)NCc2ccccn2)c1. The van der Waals surface area contributed by atoms with E-state index in [4.69, 9.17) is 32.7 Å². The maximum Gasteiger partial charge on any atom is 0.300 e. The molecule has 0 aliphatic rings. The van der Waals surface area contributed by atoms with Gasteiger partial charge in [0.2, 0.25) is 5.75 Å². The molecule has 2 aromatic heterocycles. The largest absolute Gasteiger partial charge is 0.497 e. The average molecular weight is 456 g/mol. The molecule has 2 N–H and O–H groups in total. The number of benzene rings is 1. The molecular formula is C17H15Cl2N5O4S. The van der Waals surface area contributed by atoms with Crippen LogP contribution in [0.2, 0.25) is 10.2 Å². The van der Waals surface area contributed by atoms with E-state index in [0.717, 1.165) is 6.33 Å². The third-order valence-corrected chi connectivity index (χ3v) is 5.08. The van der Waals surface area contributed by atoms with Gasteiger partial charge in [-0.05, 0) is 24.3 Å². The van der Waals surface area contributed by atoms with Crippen LogP contribution in [0.4, 0.5) is 5.82 Å². The minimum Gasteiger partial charge on any atom is -0.497 e. The summed E-state index contributed by atoms with van der Waals surface area (Å²) in [6, 6.07) is 9.88.